The van der Waals surface area contributed by atoms with Crippen molar-refractivity contribution in [3.8, 4) is 11.5 Å². The Bertz CT molecular complexity index is 1250. The quantitative estimate of drug-likeness (QED) is 0.194. The lowest BCUT2D eigenvalue weighted by Gasteiger charge is -2.41. The Hall–Kier alpha value is -2.99. The fraction of sp³-hybridized carbons (Fsp3) is 0.686. The zero-order valence-corrected chi connectivity index (χ0v) is 28.1. The summed E-state index contributed by atoms with van der Waals surface area (Å²) in [6, 6.07) is 2.26. The molecule has 3 aliphatic rings. The summed E-state index contributed by atoms with van der Waals surface area (Å²) in [5.74, 6) is 0.444. The molecule has 1 aromatic carbocycles. The monoisotopic (exact) mass is 644 g/mol. The van der Waals surface area contributed by atoms with E-state index in [2.05, 4.69) is 26.1 Å². The number of aldehydes is 1. The van der Waals surface area contributed by atoms with Gasteiger partial charge < -0.3 is 39.4 Å². The van der Waals surface area contributed by atoms with Crippen molar-refractivity contribution in [2.45, 2.75) is 96.7 Å². The standard InChI is InChI=1S/C35H52N2O9/c1-20(2)24-9-8-22(5)14-28(24)45-19-30(40)37(11-7-13-44-21(3)4)27-17-26(35(42)36-10-12-38)31-25-15-23(18-39)16-29(43-6)33(25)46-34(31)32(27)41/h15-18,20-22,24,27-28,31-32,34,38,41H,7-14,19H2,1-6H3,(H,36,42). The van der Waals surface area contributed by atoms with Gasteiger partial charge in [0.25, 0.3) is 0 Å². The lowest BCUT2D eigenvalue weighted by molar-refractivity contribution is -0.147. The molecule has 1 aromatic rings. The van der Waals surface area contributed by atoms with Gasteiger partial charge in [0.05, 0.1) is 37.9 Å². The number of ether oxygens (including phenoxy) is 4. The molecule has 1 aliphatic heterocycles. The molecule has 7 atom stereocenters. The summed E-state index contributed by atoms with van der Waals surface area (Å²) in [5.41, 5.74) is 1.14. The average molecular weight is 645 g/mol. The highest BCUT2D eigenvalue weighted by Gasteiger charge is 2.51. The van der Waals surface area contributed by atoms with Crippen LogP contribution in [0.1, 0.15) is 82.1 Å². The molecule has 1 heterocycles. The minimum absolute atomic E-state index is 0.0199. The van der Waals surface area contributed by atoms with Crippen LogP contribution in [0.2, 0.25) is 0 Å². The predicted octanol–water partition coefficient (Wildman–Crippen LogP) is 3.25. The molecule has 0 radical (unpaired) electrons. The summed E-state index contributed by atoms with van der Waals surface area (Å²) in [6.45, 7) is 10.8. The number of aliphatic hydroxyl groups is 2. The summed E-state index contributed by atoms with van der Waals surface area (Å²) in [7, 11) is 1.45. The van der Waals surface area contributed by atoms with Crippen LogP contribution in [-0.4, -0.2) is 104 Å². The van der Waals surface area contributed by atoms with Gasteiger partial charge in [-0.15, -0.1) is 0 Å². The van der Waals surface area contributed by atoms with Crippen LogP contribution in [-0.2, 0) is 19.1 Å². The van der Waals surface area contributed by atoms with Crippen molar-refractivity contribution in [1.82, 2.24) is 10.2 Å². The SMILES string of the molecule is COc1cc(C=O)cc2c1OC1C2C(C(=O)NCCO)=CC(N(CCCOC(C)C)C(=O)COC2CC(C)CCC2C(C)C)C1O. The number of hydrogen-bond acceptors (Lipinski definition) is 9. The molecule has 46 heavy (non-hydrogen) atoms. The molecule has 2 amide bonds. The molecule has 2 aliphatic carbocycles. The van der Waals surface area contributed by atoms with Gasteiger partial charge in [-0.3, -0.25) is 14.4 Å². The van der Waals surface area contributed by atoms with Crippen molar-refractivity contribution >= 4 is 18.1 Å². The topological polar surface area (TPSA) is 144 Å². The van der Waals surface area contributed by atoms with Crippen molar-refractivity contribution in [2.24, 2.45) is 17.8 Å². The molecule has 11 nitrogen and oxygen atoms in total. The molecular formula is C35H52N2O9. The Morgan fingerprint density at radius 1 is 1.20 bits per heavy atom. The first kappa shape index (κ1) is 35.9. The first-order chi connectivity index (χ1) is 22.0. The molecule has 0 aromatic heterocycles. The van der Waals surface area contributed by atoms with Crippen LogP contribution in [0.25, 0.3) is 0 Å². The molecule has 4 rings (SSSR count). The zero-order valence-electron chi connectivity index (χ0n) is 28.1. The first-order valence-corrected chi connectivity index (χ1v) is 16.7. The first-order valence-electron chi connectivity index (χ1n) is 16.7. The Kier molecular flexibility index (Phi) is 12.6. The van der Waals surface area contributed by atoms with Gasteiger partial charge in [-0.25, -0.2) is 0 Å². The Morgan fingerprint density at radius 3 is 2.61 bits per heavy atom. The van der Waals surface area contributed by atoms with Gasteiger partial charge in [-0.1, -0.05) is 27.2 Å². The smallest absolute Gasteiger partial charge is 0.249 e. The molecule has 0 spiro atoms. The minimum Gasteiger partial charge on any atom is -0.493 e. The molecule has 1 fully saturated rings. The number of benzene rings is 1. The number of amides is 2. The number of carbonyl (C=O) groups is 3. The summed E-state index contributed by atoms with van der Waals surface area (Å²) in [4.78, 5) is 41.0. The lowest BCUT2D eigenvalue weighted by atomic mass is 9.75. The second-order valence-electron chi connectivity index (χ2n) is 13.4. The Morgan fingerprint density at radius 2 is 1.96 bits per heavy atom. The third kappa shape index (κ3) is 8.10. The van der Waals surface area contributed by atoms with Gasteiger partial charge in [0.15, 0.2) is 11.5 Å². The van der Waals surface area contributed by atoms with Crippen molar-refractivity contribution < 1.29 is 43.5 Å². The zero-order chi connectivity index (χ0) is 33.5. The van der Waals surface area contributed by atoms with E-state index in [0.717, 1.165) is 19.3 Å². The fourth-order valence-corrected chi connectivity index (χ4v) is 7.12. The number of nitrogens with one attached hydrogen (secondary N) is 1. The van der Waals surface area contributed by atoms with Crippen molar-refractivity contribution in [1.29, 1.82) is 0 Å². The highest BCUT2D eigenvalue weighted by Crippen LogP contribution is 2.51. The van der Waals surface area contributed by atoms with Gasteiger partial charge in [-0.2, -0.15) is 0 Å². The van der Waals surface area contributed by atoms with Gasteiger partial charge in [0.1, 0.15) is 25.1 Å². The van der Waals surface area contributed by atoms with E-state index in [1.165, 1.54) is 7.11 Å². The third-order valence-electron chi connectivity index (χ3n) is 9.47. The number of carbonyl (C=O) groups excluding carboxylic acids is 3. The van der Waals surface area contributed by atoms with E-state index in [-0.39, 0.29) is 50.0 Å². The molecule has 11 heteroatoms. The largest absolute Gasteiger partial charge is 0.493 e. The molecule has 7 unspecified atom stereocenters. The van der Waals surface area contributed by atoms with E-state index >= 15 is 0 Å². The summed E-state index contributed by atoms with van der Waals surface area (Å²) in [6.07, 6.45) is 3.72. The average Bonchev–Trinajstić information content (AvgIpc) is 3.42. The molecule has 256 valence electrons. The number of fused-ring (bicyclic) bond motifs is 3. The van der Waals surface area contributed by atoms with Gasteiger partial charge >= 0.3 is 0 Å². The number of aliphatic hydroxyl groups excluding tert-OH is 2. The highest BCUT2D eigenvalue weighted by molar-refractivity contribution is 5.96. The molecule has 0 bridgehead atoms. The third-order valence-corrected chi connectivity index (χ3v) is 9.47. The summed E-state index contributed by atoms with van der Waals surface area (Å²) < 4.78 is 23.9. The van der Waals surface area contributed by atoms with Crippen LogP contribution in [0.3, 0.4) is 0 Å². The van der Waals surface area contributed by atoms with Gasteiger partial charge in [0, 0.05) is 36.4 Å². The van der Waals surface area contributed by atoms with Crippen LogP contribution >= 0.6 is 0 Å². The van der Waals surface area contributed by atoms with E-state index < -0.39 is 30.1 Å². The second-order valence-corrected chi connectivity index (χ2v) is 13.4. The molecule has 0 saturated heterocycles. The molecule has 1 saturated carbocycles. The molecular weight excluding hydrogens is 592 g/mol. The van der Waals surface area contributed by atoms with Crippen molar-refractivity contribution in [2.75, 3.05) is 40.0 Å². The Balaban J connectivity index is 1.68. The van der Waals surface area contributed by atoms with Crippen LogP contribution in [0.4, 0.5) is 0 Å². The second kappa shape index (κ2) is 16.2. The summed E-state index contributed by atoms with van der Waals surface area (Å²) in [5, 5.41) is 24.0. The maximum atomic E-state index is 14.0. The van der Waals surface area contributed by atoms with Crippen LogP contribution in [0, 0.1) is 17.8 Å². The molecule has 3 N–H and O–H groups in total. The van der Waals surface area contributed by atoms with Crippen LogP contribution < -0.4 is 14.8 Å². The van der Waals surface area contributed by atoms with E-state index in [4.69, 9.17) is 18.9 Å². The highest BCUT2D eigenvalue weighted by atomic mass is 16.5. The van der Waals surface area contributed by atoms with Gasteiger partial charge in [-0.05, 0) is 69.1 Å². The van der Waals surface area contributed by atoms with Crippen molar-refractivity contribution in [3.63, 3.8) is 0 Å². The van der Waals surface area contributed by atoms with Crippen molar-refractivity contribution in [3.05, 3.63) is 34.9 Å². The summed E-state index contributed by atoms with van der Waals surface area (Å²) >= 11 is 0. The van der Waals surface area contributed by atoms with E-state index in [0.29, 0.717) is 59.7 Å². The van der Waals surface area contributed by atoms with E-state index in [1.54, 1.807) is 23.1 Å². The van der Waals surface area contributed by atoms with Crippen LogP contribution in [0.5, 0.6) is 11.5 Å². The normalized spacial score (nSPS) is 27.0. The number of methoxy groups -OCH3 is 1. The lowest BCUT2D eigenvalue weighted by Crippen LogP contribution is -2.56. The number of rotatable bonds is 15. The minimum atomic E-state index is -1.22. The van der Waals surface area contributed by atoms with Gasteiger partial charge in [0.2, 0.25) is 11.8 Å². The van der Waals surface area contributed by atoms with E-state index in [1.807, 2.05) is 13.8 Å². The predicted molar refractivity (Wildman–Crippen MR) is 172 cm³/mol. The maximum Gasteiger partial charge on any atom is 0.249 e. The van der Waals surface area contributed by atoms with Crippen LogP contribution in [0.15, 0.2) is 23.8 Å². The number of hydrogen-bond donors (Lipinski definition) is 3. The number of nitrogens with zero attached hydrogens (tertiary/aromatic N) is 1. The van der Waals surface area contributed by atoms with E-state index in [9.17, 15) is 24.6 Å². The fourth-order valence-electron chi connectivity index (χ4n) is 7.12. The maximum absolute atomic E-state index is 14.0. The Labute approximate surface area is 272 Å².